The zero-order valence-electron chi connectivity index (χ0n) is 24.9. The first-order valence-electron chi connectivity index (χ1n) is 18.4. The van der Waals surface area contributed by atoms with Crippen LogP contribution in [0, 0.1) is 23.2 Å². The van der Waals surface area contributed by atoms with E-state index in [0.29, 0.717) is 11.3 Å². The minimum absolute atomic E-state index is 0.442. The smallest absolute Gasteiger partial charge is 0.00672 e. The fourth-order valence-electron chi connectivity index (χ4n) is 17.2. The van der Waals surface area contributed by atoms with Crippen LogP contribution in [0.3, 0.4) is 0 Å². The number of hydrogen-bond donors (Lipinski definition) is 0. The minimum atomic E-state index is 0.442. The Morgan fingerprint density at radius 3 is 2.40 bits per heavy atom. The van der Waals surface area contributed by atoms with Crippen molar-refractivity contribution in [3.8, 4) is 22.3 Å². The molecule has 3 aromatic carbocycles. The van der Waals surface area contributed by atoms with Crippen LogP contribution >= 0.6 is 0 Å². The van der Waals surface area contributed by atoms with E-state index in [1.165, 1.54) is 64.2 Å². The molecule has 0 spiro atoms. The third-order valence-electron chi connectivity index (χ3n) is 17.4. The van der Waals surface area contributed by atoms with Crippen molar-refractivity contribution in [2.24, 2.45) is 23.2 Å². The predicted molar refractivity (Wildman–Crippen MR) is 171 cm³/mol. The molecule has 0 aliphatic heterocycles. The summed E-state index contributed by atoms with van der Waals surface area (Å²) in [7, 11) is 0. The molecule has 13 aliphatic rings. The van der Waals surface area contributed by atoms with Gasteiger partial charge in [0.15, 0.2) is 0 Å². The molecule has 16 rings (SSSR count). The maximum absolute atomic E-state index is 2.81. The fourth-order valence-corrected chi connectivity index (χ4v) is 17.2. The summed E-state index contributed by atoms with van der Waals surface area (Å²) in [5, 5.41) is 11.2. The van der Waals surface area contributed by atoms with Gasteiger partial charge in [-0.2, -0.15) is 0 Å². The molecule has 0 heteroatoms. The van der Waals surface area contributed by atoms with Crippen molar-refractivity contribution >= 4 is 33.1 Å². The Kier molecular flexibility index (Phi) is 2.57. The molecule has 10 atom stereocenters. The third kappa shape index (κ3) is 1.48. The highest BCUT2D eigenvalue weighted by atomic mass is 14.7. The lowest BCUT2D eigenvalue weighted by atomic mass is 9.51. The molecule has 0 amide bonds. The van der Waals surface area contributed by atoms with Crippen molar-refractivity contribution in [1.82, 2.24) is 0 Å². The van der Waals surface area contributed by atoms with E-state index in [9.17, 15) is 0 Å². The summed E-state index contributed by atoms with van der Waals surface area (Å²) in [4.78, 5) is 0. The normalized spacial score (nSPS) is 43.0. The average molecular weight is 551 g/mol. The fraction of sp³-hybridized carbons (Fsp3) is 0.488. The van der Waals surface area contributed by atoms with Gasteiger partial charge in [0.25, 0.3) is 0 Å². The maximum atomic E-state index is 2.81. The number of hydrogen-bond acceptors (Lipinski definition) is 0. The summed E-state index contributed by atoms with van der Waals surface area (Å²) in [6.45, 7) is 2.51. The highest BCUT2D eigenvalue weighted by Crippen LogP contribution is 2.78. The second kappa shape index (κ2) is 5.46. The molecule has 0 radical (unpaired) electrons. The molecule has 0 bridgehead atoms. The Hall–Kier alpha value is -2.86. The predicted octanol–water partition coefficient (Wildman–Crippen LogP) is 7.07. The van der Waals surface area contributed by atoms with Crippen molar-refractivity contribution in [2.45, 2.75) is 107 Å². The van der Waals surface area contributed by atoms with E-state index in [1.807, 2.05) is 110 Å². The van der Waals surface area contributed by atoms with E-state index in [2.05, 4.69) is 19.1 Å². The number of allylic oxidation sites excluding steroid dienone is 2. The topological polar surface area (TPSA) is 0 Å². The summed E-state index contributed by atoms with van der Waals surface area (Å²) in [6.07, 6.45) is 19.7. The summed E-state index contributed by atoms with van der Waals surface area (Å²) in [5.41, 5.74) is 27.3. The second-order valence-electron chi connectivity index (χ2n) is 17.6. The van der Waals surface area contributed by atoms with Gasteiger partial charge in [0, 0.05) is 23.7 Å². The van der Waals surface area contributed by atoms with Gasteiger partial charge in [0.2, 0.25) is 0 Å². The SMILES string of the molecule is CCCC12CCC3C4=c5c6c7c8c9c5=C(CC4)C4C=CC5C%10CCC%11C%12=c%13c(c(c-7c7c-8c(c%10c%11c%137)C5C94)C1C63)=C2CC%12. The quantitative estimate of drug-likeness (QED) is 0.234. The van der Waals surface area contributed by atoms with E-state index >= 15 is 0 Å². The van der Waals surface area contributed by atoms with E-state index in [1.54, 1.807) is 0 Å². The third-order valence-corrected chi connectivity index (χ3v) is 17.4. The Balaban J connectivity index is 1.30. The second-order valence-corrected chi connectivity index (χ2v) is 17.6. The average Bonchev–Trinajstić information content (AvgIpc) is 3.84. The van der Waals surface area contributed by atoms with Gasteiger partial charge in [-0.25, -0.2) is 0 Å². The molecule has 0 N–H and O–H groups in total. The number of rotatable bonds is 2. The highest BCUT2D eigenvalue weighted by molar-refractivity contribution is 6.24. The van der Waals surface area contributed by atoms with E-state index in [4.69, 9.17) is 0 Å². The first-order valence-corrected chi connectivity index (χ1v) is 18.4. The monoisotopic (exact) mass is 550 g/mol. The largest absolute Gasteiger partial charge is 0.0836 e. The minimum Gasteiger partial charge on any atom is -0.0836 e. The van der Waals surface area contributed by atoms with E-state index < -0.39 is 0 Å². The first kappa shape index (κ1) is 20.2. The van der Waals surface area contributed by atoms with Crippen molar-refractivity contribution in [3.05, 3.63) is 66.4 Å². The molecule has 0 nitrogen and oxygen atoms in total. The van der Waals surface area contributed by atoms with Crippen LogP contribution in [0.1, 0.15) is 140 Å². The highest BCUT2D eigenvalue weighted by Gasteiger charge is 2.66. The van der Waals surface area contributed by atoms with Gasteiger partial charge in [-0.15, -0.1) is 0 Å². The number of benzene rings is 3. The standard InChI is InChI=1S/C43H34/c1-2-12-43-13-11-21-19-8-7-17-16-4-3-14-15-5-6-18-20-9-10-22(43)31-29(20)34-26(18)25(15)32-23(14)24(16)33-27(17)28(19)35-30(21)42(43)41(31)40-38(34)36(32)37(33)39(35)40/h3-4,14-16,18,21,23-24,30,42H,2,5-13H2,1H3. The van der Waals surface area contributed by atoms with Crippen LogP contribution < -0.4 is 20.9 Å². The molecular weight excluding hydrogens is 516 g/mol. The lowest BCUT2D eigenvalue weighted by Crippen LogP contribution is -2.41. The van der Waals surface area contributed by atoms with Gasteiger partial charge in [0.05, 0.1) is 0 Å². The Morgan fingerprint density at radius 2 is 1.47 bits per heavy atom. The molecule has 3 aromatic rings. The summed E-state index contributed by atoms with van der Waals surface area (Å²) >= 11 is 0. The molecule has 1 fully saturated rings. The lowest BCUT2D eigenvalue weighted by Gasteiger charge is -2.51. The summed E-state index contributed by atoms with van der Waals surface area (Å²) in [6, 6.07) is 0. The van der Waals surface area contributed by atoms with Gasteiger partial charge in [-0.05, 0) is 180 Å². The van der Waals surface area contributed by atoms with Crippen molar-refractivity contribution in [3.63, 3.8) is 0 Å². The Morgan fingerprint density at radius 1 is 0.628 bits per heavy atom. The van der Waals surface area contributed by atoms with Gasteiger partial charge in [-0.3, -0.25) is 0 Å². The summed E-state index contributed by atoms with van der Waals surface area (Å²) in [5.74, 6) is 6.86. The Labute approximate surface area is 250 Å². The molecular formula is C43H34. The molecule has 0 heterocycles. The van der Waals surface area contributed by atoms with Crippen molar-refractivity contribution in [2.75, 3.05) is 0 Å². The van der Waals surface area contributed by atoms with E-state index in [0.717, 1.165) is 47.3 Å². The molecule has 13 aliphatic carbocycles. The van der Waals surface area contributed by atoms with Crippen LogP contribution in [0.2, 0.25) is 0 Å². The van der Waals surface area contributed by atoms with Gasteiger partial charge in [-0.1, -0.05) is 47.8 Å². The summed E-state index contributed by atoms with van der Waals surface area (Å²) < 4.78 is 0. The van der Waals surface area contributed by atoms with Crippen molar-refractivity contribution < 1.29 is 0 Å². The molecule has 43 heavy (non-hydrogen) atoms. The lowest BCUT2D eigenvalue weighted by molar-refractivity contribution is 0.160. The van der Waals surface area contributed by atoms with Crippen LogP contribution in [0.25, 0.3) is 55.3 Å². The van der Waals surface area contributed by atoms with Crippen LogP contribution in [-0.2, 0) is 0 Å². The van der Waals surface area contributed by atoms with E-state index in [-0.39, 0.29) is 0 Å². The maximum Gasteiger partial charge on any atom is 0.00672 e. The van der Waals surface area contributed by atoms with Gasteiger partial charge < -0.3 is 0 Å². The van der Waals surface area contributed by atoms with Crippen LogP contribution in [0.15, 0.2) is 12.2 Å². The molecule has 0 saturated heterocycles. The van der Waals surface area contributed by atoms with Gasteiger partial charge >= 0.3 is 0 Å². The van der Waals surface area contributed by atoms with Crippen molar-refractivity contribution in [1.29, 1.82) is 0 Å². The molecule has 1 saturated carbocycles. The number of fused-ring (bicyclic) bond motifs is 5. The van der Waals surface area contributed by atoms with Crippen LogP contribution in [0.4, 0.5) is 0 Å². The van der Waals surface area contributed by atoms with Crippen LogP contribution in [-0.4, -0.2) is 0 Å². The Bertz CT molecular complexity index is 2530. The molecule has 0 aromatic heterocycles. The zero-order valence-corrected chi connectivity index (χ0v) is 24.9. The molecule has 206 valence electrons. The molecule has 10 unspecified atom stereocenters. The van der Waals surface area contributed by atoms with Crippen LogP contribution in [0.5, 0.6) is 0 Å². The zero-order chi connectivity index (χ0) is 26.7. The first-order chi connectivity index (χ1) is 21.3. The van der Waals surface area contributed by atoms with Gasteiger partial charge in [0.1, 0.15) is 0 Å².